The highest BCUT2D eigenvalue weighted by atomic mass is 16.5. The summed E-state index contributed by atoms with van der Waals surface area (Å²) in [5.41, 5.74) is 3.16. The third-order valence-electron chi connectivity index (χ3n) is 3.22. The van der Waals surface area contributed by atoms with E-state index in [2.05, 4.69) is 15.3 Å². The third-order valence-corrected chi connectivity index (χ3v) is 3.22. The molecule has 0 amide bonds. The Kier molecular flexibility index (Phi) is 3.55. The number of fused-ring (bicyclic) bond motifs is 1. The molecule has 0 unspecified atom stereocenters. The number of rotatable bonds is 4. The van der Waals surface area contributed by atoms with Crippen molar-refractivity contribution >= 4 is 22.7 Å². The van der Waals surface area contributed by atoms with Crippen molar-refractivity contribution in [2.45, 2.75) is 6.54 Å². The van der Waals surface area contributed by atoms with Gasteiger partial charge in [0.1, 0.15) is 5.82 Å². The minimum Gasteiger partial charge on any atom is -0.465 e. The molecule has 0 bridgehead atoms. The molecular weight excluding hydrogens is 266 g/mol. The van der Waals surface area contributed by atoms with Gasteiger partial charge in [0.25, 0.3) is 0 Å². The number of methoxy groups -OCH3 is 1. The monoisotopic (exact) mass is 281 g/mol. The van der Waals surface area contributed by atoms with Crippen LogP contribution >= 0.6 is 0 Å². The Bertz CT molecular complexity index is 747. The molecule has 0 aliphatic heterocycles. The molecule has 0 aliphatic carbocycles. The van der Waals surface area contributed by atoms with Crippen LogP contribution in [0.15, 0.2) is 48.5 Å². The zero-order valence-corrected chi connectivity index (χ0v) is 11.6. The standard InChI is InChI=1S/C16H15N3O2/c1-21-16(20)11-6-2-3-7-12(11)17-10-15-18-13-8-4-5-9-14(13)19-15/h2-9,17H,10H2,1H3,(H,18,19). The van der Waals surface area contributed by atoms with Gasteiger partial charge in [-0.2, -0.15) is 0 Å². The number of para-hydroxylation sites is 3. The summed E-state index contributed by atoms with van der Waals surface area (Å²) in [4.78, 5) is 19.4. The molecule has 1 aromatic heterocycles. The molecule has 3 aromatic rings. The lowest BCUT2D eigenvalue weighted by molar-refractivity contribution is 0.0602. The third kappa shape index (κ3) is 2.72. The predicted molar refractivity (Wildman–Crippen MR) is 81.2 cm³/mol. The van der Waals surface area contributed by atoms with E-state index < -0.39 is 0 Å². The summed E-state index contributed by atoms with van der Waals surface area (Å²) in [6, 6.07) is 15.1. The molecule has 0 atom stereocenters. The molecule has 2 N–H and O–H groups in total. The molecule has 5 nitrogen and oxygen atoms in total. The molecule has 1 heterocycles. The van der Waals surface area contributed by atoms with Crippen molar-refractivity contribution in [1.82, 2.24) is 9.97 Å². The SMILES string of the molecule is COC(=O)c1ccccc1NCc1nc2ccccc2[nH]1. The number of anilines is 1. The van der Waals surface area contributed by atoms with Crippen molar-refractivity contribution in [2.24, 2.45) is 0 Å². The normalized spacial score (nSPS) is 10.5. The van der Waals surface area contributed by atoms with Crippen LogP contribution in [0.3, 0.4) is 0 Å². The van der Waals surface area contributed by atoms with Crippen LogP contribution in [0, 0.1) is 0 Å². The van der Waals surface area contributed by atoms with E-state index in [4.69, 9.17) is 4.74 Å². The fourth-order valence-electron chi connectivity index (χ4n) is 2.19. The Morgan fingerprint density at radius 1 is 1.19 bits per heavy atom. The number of benzene rings is 2. The number of esters is 1. The Morgan fingerprint density at radius 3 is 2.76 bits per heavy atom. The lowest BCUT2D eigenvalue weighted by Crippen LogP contribution is -2.08. The highest BCUT2D eigenvalue weighted by molar-refractivity contribution is 5.95. The zero-order chi connectivity index (χ0) is 14.7. The Labute approximate surface area is 122 Å². The largest absolute Gasteiger partial charge is 0.465 e. The van der Waals surface area contributed by atoms with Gasteiger partial charge >= 0.3 is 5.97 Å². The Balaban J connectivity index is 1.80. The summed E-state index contributed by atoms with van der Waals surface area (Å²) in [5, 5.41) is 3.21. The van der Waals surface area contributed by atoms with E-state index >= 15 is 0 Å². The van der Waals surface area contributed by atoms with Crippen LogP contribution in [0.25, 0.3) is 11.0 Å². The van der Waals surface area contributed by atoms with Crippen LogP contribution < -0.4 is 5.32 Å². The van der Waals surface area contributed by atoms with E-state index in [1.165, 1.54) is 7.11 Å². The van der Waals surface area contributed by atoms with Gasteiger partial charge in [0, 0.05) is 5.69 Å². The Hall–Kier alpha value is -2.82. The number of hydrogen-bond donors (Lipinski definition) is 2. The molecule has 2 aromatic carbocycles. The lowest BCUT2D eigenvalue weighted by Gasteiger charge is -2.09. The number of ether oxygens (including phenoxy) is 1. The van der Waals surface area contributed by atoms with Gasteiger partial charge in [-0.3, -0.25) is 0 Å². The molecule has 106 valence electrons. The van der Waals surface area contributed by atoms with Crippen molar-refractivity contribution in [3.63, 3.8) is 0 Å². The van der Waals surface area contributed by atoms with Gasteiger partial charge < -0.3 is 15.0 Å². The van der Waals surface area contributed by atoms with E-state index in [-0.39, 0.29) is 5.97 Å². The first kappa shape index (κ1) is 13.2. The second-order valence-corrected chi connectivity index (χ2v) is 4.59. The minimum absolute atomic E-state index is 0.359. The van der Waals surface area contributed by atoms with Gasteiger partial charge in [-0.15, -0.1) is 0 Å². The van der Waals surface area contributed by atoms with Crippen LogP contribution in [-0.4, -0.2) is 23.0 Å². The topological polar surface area (TPSA) is 67.0 Å². The van der Waals surface area contributed by atoms with Gasteiger partial charge in [-0.1, -0.05) is 24.3 Å². The van der Waals surface area contributed by atoms with E-state index in [9.17, 15) is 4.79 Å². The molecule has 0 spiro atoms. The van der Waals surface area contributed by atoms with Crippen molar-refractivity contribution in [3.8, 4) is 0 Å². The smallest absolute Gasteiger partial charge is 0.339 e. The van der Waals surface area contributed by atoms with Crippen LogP contribution in [0.1, 0.15) is 16.2 Å². The van der Waals surface area contributed by atoms with Gasteiger partial charge in [0.2, 0.25) is 0 Å². The quantitative estimate of drug-likeness (QED) is 0.721. The first-order chi connectivity index (χ1) is 10.3. The summed E-state index contributed by atoms with van der Waals surface area (Å²) in [5.74, 6) is 0.457. The first-order valence-electron chi connectivity index (χ1n) is 6.63. The lowest BCUT2D eigenvalue weighted by atomic mass is 10.2. The maximum absolute atomic E-state index is 11.7. The van der Waals surface area contributed by atoms with Crippen LogP contribution in [0.2, 0.25) is 0 Å². The van der Waals surface area contributed by atoms with Crippen molar-refractivity contribution in [1.29, 1.82) is 0 Å². The van der Waals surface area contributed by atoms with E-state index in [0.717, 1.165) is 22.5 Å². The molecule has 0 fully saturated rings. The highest BCUT2D eigenvalue weighted by Gasteiger charge is 2.11. The highest BCUT2D eigenvalue weighted by Crippen LogP contribution is 2.17. The number of hydrogen-bond acceptors (Lipinski definition) is 4. The number of aromatic nitrogens is 2. The van der Waals surface area contributed by atoms with E-state index in [0.29, 0.717) is 12.1 Å². The van der Waals surface area contributed by atoms with Crippen molar-refractivity contribution in [3.05, 3.63) is 59.9 Å². The number of nitrogens with one attached hydrogen (secondary N) is 2. The van der Waals surface area contributed by atoms with Gasteiger partial charge in [-0.05, 0) is 24.3 Å². The van der Waals surface area contributed by atoms with E-state index in [1.807, 2.05) is 36.4 Å². The Morgan fingerprint density at radius 2 is 1.95 bits per heavy atom. The summed E-state index contributed by atoms with van der Waals surface area (Å²) in [6.45, 7) is 0.503. The number of carbonyl (C=O) groups excluding carboxylic acids is 1. The summed E-state index contributed by atoms with van der Waals surface area (Å²) in [7, 11) is 1.37. The number of nitrogens with zero attached hydrogens (tertiary/aromatic N) is 1. The molecular formula is C16H15N3O2. The van der Waals surface area contributed by atoms with Crippen molar-refractivity contribution in [2.75, 3.05) is 12.4 Å². The van der Waals surface area contributed by atoms with Crippen LogP contribution in [0.5, 0.6) is 0 Å². The molecule has 5 heteroatoms. The molecule has 0 saturated heterocycles. The molecule has 0 saturated carbocycles. The summed E-state index contributed by atoms with van der Waals surface area (Å²) in [6.07, 6.45) is 0. The van der Waals surface area contributed by atoms with E-state index in [1.54, 1.807) is 12.1 Å². The molecule has 21 heavy (non-hydrogen) atoms. The zero-order valence-electron chi connectivity index (χ0n) is 11.6. The summed E-state index contributed by atoms with van der Waals surface area (Å²) < 4.78 is 4.77. The fraction of sp³-hybridized carbons (Fsp3) is 0.125. The van der Waals surface area contributed by atoms with Gasteiger partial charge in [0.05, 0.1) is 30.3 Å². The average molecular weight is 281 g/mol. The first-order valence-corrected chi connectivity index (χ1v) is 6.63. The fourth-order valence-corrected chi connectivity index (χ4v) is 2.19. The molecule has 0 radical (unpaired) electrons. The van der Waals surface area contributed by atoms with Crippen molar-refractivity contribution < 1.29 is 9.53 Å². The number of H-pyrrole nitrogens is 1. The van der Waals surface area contributed by atoms with Gasteiger partial charge in [0.15, 0.2) is 0 Å². The molecule has 0 aliphatic rings. The van der Waals surface area contributed by atoms with Gasteiger partial charge in [-0.25, -0.2) is 9.78 Å². The average Bonchev–Trinajstić information content (AvgIpc) is 2.95. The molecule has 3 rings (SSSR count). The van der Waals surface area contributed by atoms with Crippen LogP contribution in [-0.2, 0) is 11.3 Å². The summed E-state index contributed by atoms with van der Waals surface area (Å²) >= 11 is 0. The maximum Gasteiger partial charge on any atom is 0.339 e. The second-order valence-electron chi connectivity index (χ2n) is 4.59. The predicted octanol–water partition coefficient (Wildman–Crippen LogP) is 2.96. The van der Waals surface area contributed by atoms with Crippen LogP contribution in [0.4, 0.5) is 5.69 Å². The number of carbonyl (C=O) groups is 1. The number of aromatic amines is 1. The second kappa shape index (κ2) is 5.66. The maximum atomic E-state index is 11.7. The number of imidazole rings is 1. The minimum atomic E-state index is -0.359.